The number of ether oxygens (including phenoxy) is 1. The van der Waals surface area contributed by atoms with Crippen molar-refractivity contribution in [3.05, 3.63) is 23.2 Å². The number of aryl methyl sites for hydroxylation is 2. The first-order valence-corrected chi connectivity index (χ1v) is 14.4. The second kappa shape index (κ2) is 10.6. The number of hydrogen-bond acceptors (Lipinski definition) is 9. The average Bonchev–Trinajstić information content (AvgIpc) is 3.50. The number of carbonyl (C=O) groups is 1. The maximum atomic E-state index is 13.2. The summed E-state index contributed by atoms with van der Waals surface area (Å²) in [7, 11) is -3.67. The molecule has 198 valence electrons. The van der Waals surface area contributed by atoms with E-state index in [0.29, 0.717) is 68.2 Å². The molecule has 36 heavy (non-hydrogen) atoms. The van der Waals surface area contributed by atoms with Gasteiger partial charge in [-0.2, -0.15) is 9.29 Å². The van der Waals surface area contributed by atoms with Gasteiger partial charge in [0, 0.05) is 57.6 Å². The molecule has 3 fully saturated rings. The Bertz CT molecular complexity index is 1140. The fourth-order valence-corrected chi connectivity index (χ4v) is 7.41. The van der Waals surface area contributed by atoms with Gasteiger partial charge in [0.1, 0.15) is 10.6 Å². The fraction of sp³-hybridized carbons (Fsp3) is 0.750. The fourth-order valence-electron chi connectivity index (χ4n) is 5.65. The van der Waals surface area contributed by atoms with Gasteiger partial charge in [0.15, 0.2) is 11.6 Å². The minimum atomic E-state index is -3.67. The van der Waals surface area contributed by atoms with Gasteiger partial charge in [-0.1, -0.05) is 10.3 Å². The molecule has 0 aromatic carbocycles. The molecule has 0 N–H and O–H groups in total. The minimum absolute atomic E-state index is 0.141. The number of amides is 1. The maximum absolute atomic E-state index is 13.2. The molecule has 3 aliphatic rings. The van der Waals surface area contributed by atoms with Crippen LogP contribution in [0.5, 0.6) is 0 Å². The van der Waals surface area contributed by atoms with Gasteiger partial charge < -0.3 is 18.7 Å². The topological polar surface area (TPSA) is 132 Å². The summed E-state index contributed by atoms with van der Waals surface area (Å²) in [5.41, 5.74) is 0.369. The largest absolute Gasteiger partial charge is 0.381 e. The molecule has 0 bridgehead atoms. The van der Waals surface area contributed by atoms with E-state index >= 15 is 0 Å². The molecule has 0 aliphatic carbocycles. The normalized spacial score (nSPS) is 21.8. The van der Waals surface area contributed by atoms with Crippen molar-refractivity contribution in [2.45, 2.75) is 69.6 Å². The van der Waals surface area contributed by atoms with Crippen LogP contribution in [0.25, 0.3) is 0 Å². The third-order valence-electron chi connectivity index (χ3n) is 7.83. The number of sulfonamides is 1. The molecular weight excluding hydrogens is 486 g/mol. The Morgan fingerprint density at radius 3 is 2.28 bits per heavy atom. The number of hydrogen-bond donors (Lipinski definition) is 0. The van der Waals surface area contributed by atoms with Gasteiger partial charge in [-0.25, -0.2) is 8.42 Å². The first-order chi connectivity index (χ1) is 17.3. The van der Waals surface area contributed by atoms with E-state index in [1.54, 1.807) is 13.8 Å². The van der Waals surface area contributed by atoms with Crippen LogP contribution >= 0.6 is 0 Å². The number of aromatic nitrogens is 3. The molecule has 5 heterocycles. The Labute approximate surface area is 211 Å². The number of carbonyl (C=O) groups excluding carboxylic acids is 1. The Balaban J connectivity index is 1.09. The minimum Gasteiger partial charge on any atom is -0.381 e. The lowest BCUT2D eigenvalue weighted by atomic mass is 9.91. The predicted octanol–water partition coefficient (Wildman–Crippen LogP) is 2.45. The van der Waals surface area contributed by atoms with Crippen LogP contribution in [0.4, 0.5) is 0 Å². The van der Waals surface area contributed by atoms with Crippen LogP contribution in [0.2, 0.25) is 0 Å². The third kappa shape index (κ3) is 5.21. The second-order valence-corrected chi connectivity index (χ2v) is 12.1. The number of likely N-dealkylation sites (tertiary alicyclic amines) is 1. The van der Waals surface area contributed by atoms with Crippen LogP contribution in [0.1, 0.15) is 67.6 Å². The summed E-state index contributed by atoms with van der Waals surface area (Å²) >= 11 is 0. The molecule has 0 spiro atoms. The van der Waals surface area contributed by atoms with Gasteiger partial charge in [0.2, 0.25) is 21.8 Å². The molecule has 0 atom stereocenters. The Hall–Kier alpha value is -2.31. The molecule has 3 aliphatic heterocycles. The van der Waals surface area contributed by atoms with Crippen LogP contribution in [0.3, 0.4) is 0 Å². The zero-order valence-corrected chi connectivity index (χ0v) is 21.8. The molecule has 11 nitrogen and oxygen atoms in total. The van der Waals surface area contributed by atoms with E-state index in [4.69, 9.17) is 13.8 Å². The van der Waals surface area contributed by atoms with Gasteiger partial charge in [-0.05, 0) is 58.3 Å². The van der Waals surface area contributed by atoms with Crippen molar-refractivity contribution in [1.29, 1.82) is 0 Å². The average molecular weight is 522 g/mol. The first kappa shape index (κ1) is 25.3. The van der Waals surface area contributed by atoms with E-state index in [-0.39, 0.29) is 16.7 Å². The van der Waals surface area contributed by atoms with Crippen molar-refractivity contribution in [3.63, 3.8) is 0 Å². The molecule has 12 heteroatoms. The molecule has 1 amide bonds. The summed E-state index contributed by atoms with van der Waals surface area (Å²) in [4.78, 5) is 19.9. The molecule has 0 saturated carbocycles. The molecule has 2 aromatic rings. The zero-order valence-electron chi connectivity index (χ0n) is 21.0. The standard InChI is InChI=1S/C24H35N5O6S/c1-16-22(17(2)34-26-16)36(31,32)29-11-5-20(6-12-29)24(30)28-9-3-18(4-10-28)15-21-25-23(27-35-21)19-7-13-33-14-8-19/h18-20H,3-15H2,1-2H3. The van der Waals surface area contributed by atoms with Crippen LogP contribution in [-0.2, 0) is 26.0 Å². The number of nitrogens with zero attached hydrogens (tertiary/aromatic N) is 5. The molecular formula is C24H35N5O6S. The van der Waals surface area contributed by atoms with E-state index in [1.807, 2.05) is 4.90 Å². The van der Waals surface area contributed by atoms with E-state index in [2.05, 4.69) is 15.3 Å². The maximum Gasteiger partial charge on any atom is 0.248 e. The summed E-state index contributed by atoms with van der Waals surface area (Å²) in [5, 5.41) is 7.97. The van der Waals surface area contributed by atoms with Crippen molar-refractivity contribution in [2.24, 2.45) is 11.8 Å². The quantitative estimate of drug-likeness (QED) is 0.562. The highest BCUT2D eigenvalue weighted by atomic mass is 32.2. The SMILES string of the molecule is Cc1noc(C)c1S(=O)(=O)N1CCC(C(=O)N2CCC(Cc3nc(C4CCOCC4)no3)CC2)CC1. The number of piperidine rings is 2. The summed E-state index contributed by atoms with van der Waals surface area (Å²) in [6.07, 6.45) is 5.47. The summed E-state index contributed by atoms with van der Waals surface area (Å²) in [5.74, 6) is 2.52. The Morgan fingerprint density at radius 2 is 1.64 bits per heavy atom. The predicted molar refractivity (Wildman–Crippen MR) is 128 cm³/mol. The Kier molecular flexibility index (Phi) is 7.45. The van der Waals surface area contributed by atoms with E-state index in [9.17, 15) is 13.2 Å². The molecule has 5 rings (SSSR count). The van der Waals surface area contributed by atoms with E-state index in [0.717, 1.165) is 51.1 Å². The van der Waals surface area contributed by atoms with Gasteiger partial charge in [0.05, 0.1) is 0 Å². The highest BCUT2D eigenvalue weighted by Crippen LogP contribution is 2.30. The zero-order chi connectivity index (χ0) is 25.3. The highest BCUT2D eigenvalue weighted by Gasteiger charge is 2.37. The first-order valence-electron chi connectivity index (χ1n) is 12.9. The van der Waals surface area contributed by atoms with Crippen molar-refractivity contribution in [1.82, 2.24) is 24.5 Å². The van der Waals surface area contributed by atoms with E-state index in [1.165, 1.54) is 4.31 Å². The van der Waals surface area contributed by atoms with Crippen LogP contribution in [0, 0.1) is 25.7 Å². The number of rotatable bonds is 6. The summed E-state index contributed by atoms with van der Waals surface area (Å²) < 4.78 is 43.5. The molecule has 3 saturated heterocycles. The highest BCUT2D eigenvalue weighted by molar-refractivity contribution is 7.89. The van der Waals surface area contributed by atoms with Gasteiger partial charge in [0.25, 0.3) is 0 Å². The third-order valence-corrected chi connectivity index (χ3v) is 9.97. The van der Waals surface area contributed by atoms with Gasteiger partial charge >= 0.3 is 0 Å². The summed E-state index contributed by atoms with van der Waals surface area (Å²) in [6, 6.07) is 0. The van der Waals surface area contributed by atoms with Gasteiger partial charge in [-0.3, -0.25) is 4.79 Å². The smallest absolute Gasteiger partial charge is 0.248 e. The van der Waals surface area contributed by atoms with Crippen LogP contribution in [0.15, 0.2) is 13.9 Å². The molecule has 0 radical (unpaired) electrons. The van der Waals surface area contributed by atoms with Crippen molar-refractivity contribution in [2.75, 3.05) is 39.4 Å². The Morgan fingerprint density at radius 1 is 0.944 bits per heavy atom. The van der Waals surface area contributed by atoms with E-state index < -0.39 is 10.0 Å². The second-order valence-electron chi connectivity index (χ2n) is 10.2. The van der Waals surface area contributed by atoms with Crippen LogP contribution in [-0.4, -0.2) is 78.2 Å². The summed E-state index contributed by atoms with van der Waals surface area (Å²) in [6.45, 7) is 6.80. The van der Waals surface area contributed by atoms with Crippen molar-refractivity contribution < 1.29 is 27.0 Å². The molecule has 0 unspecified atom stereocenters. The van der Waals surface area contributed by atoms with Crippen molar-refractivity contribution in [3.8, 4) is 0 Å². The van der Waals surface area contributed by atoms with Crippen molar-refractivity contribution >= 4 is 15.9 Å². The van der Waals surface area contributed by atoms with Gasteiger partial charge in [-0.15, -0.1) is 0 Å². The monoisotopic (exact) mass is 521 g/mol. The van der Waals surface area contributed by atoms with Crippen LogP contribution < -0.4 is 0 Å². The lowest BCUT2D eigenvalue weighted by molar-refractivity contribution is -0.138. The lowest BCUT2D eigenvalue weighted by Gasteiger charge is -2.36. The lowest BCUT2D eigenvalue weighted by Crippen LogP contribution is -2.46. The molecule has 2 aromatic heterocycles.